The summed E-state index contributed by atoms with van der Waals surface area (Å²) >= 11 is 0. The predicted octanol–water partition coefficient (Wildman–Crippen LogP) is 3.08. The minimum atomic E-state index is -0.513. The molecule has 88 valence electrons. The zero-order valence-electron chi connectivity index (χ0n) is 9.89. The number of rotatable bonds is 3. The highest BCUT2D eigenvalue weighted by Crippen LogP contribution is 2.23. The van der Waals surface area contributed by atoms with Crippen LogP contribution in [0.25, 0.3) is 0 Å². The smallest absolute Gasteiger partial charge is 0.218 e. The van der Waals surface area contributed by atoms with Gasteiger partial charge in [-0.25, -0.2) is 9.97 Å². The lowest BCUT2D eigenvalue weighted by Crippen LogP contribution is -2.17. The van der Waals surface area contributed by atoms with Crippen LogP contribution in [-0.4, -0.2) is 16.5 Å². The van der Waals surface area contributed by atoms with Gasteiger partial charge in [0.2, 0.25) is 5.95 Å². The molecule has 0 aliphatic rings. The van der Waals surface area contributed by atoms with Crippen molar-refractivity contribution in [3.05, 3.63) is 48.2 Å². The van der Waals surface area contributed by atoms with Crippen LogP contribution in [0, 0.1) is 12.9 Å². The molecule has 0 radical (unpaired) electrons. The van der Waals surface area contributed by atoms with Gasteiger partial charge in [-0.3, -0.25) is 0 Å². The first-order chi connectivity index (χ1) is 8.20. The number of aryl methyl sites for hydroxylation is 1. The molecule has 1 aromatic heterocycles. The van der Waals surface area contributed by atoms with Gasteiger partial charge in [0.05, 0.1) is 0 Å². The Hall–Kier alpha value is -1.97. The molecule has 0 bridgehead atoms. The lowest BCUT2D eigenvalue weighted by Gasteiger charge is -2.22. The van der Waals surface area contributed by atoms with Crippen LogP contribution in [0.1, 0.15) is 12.5 Å². The van der Waals surface area contributed by atoms with Crippen molar-refractivity contribution < 1.29 is 4.39 Å². The average Bonchev–Trinajstić information content (AvgIpc) is 2.30. The van der Waals surface area contributed by atoms with Gasteiger partial charge in [-0.15, -0.1) is 0 Å². The van der Waals surface area contributed by atoms with Crippen LogP contribution in [0.4, 0.5) is 15.9 Å². The van der Waals surface area contributed by atoms with Crippen molar-refractivity contribution >= 4 is 11.5 Å². The van der Waals surface area contributed by atoms with Crippen LogP contribution < -0.4 is 4.90 Å². The van der Waals surface area contributed by atoms with Crippen LogP contribution in [0.15, 0.2) is 36.7 Å². The van der Waals surface area contributed by atoms with E-state index in [0.717, 1.165) is 17.8 Å². The molecule has 0 atom stereocenters. The van der Waals surface area contributed by atoms with E-state index >= 15 is 0 Å². The molecule has 0 unspecified atom stereocenters. The Kier molecular flexibility index (Phi) is 3.32. The maximum Gasteiger partial charge on any atom is 0.218 e. The summed E-state index contributed by atoms with van der Waals surface area (Å²) in [5.41, 5.74) is 2.17. The minimum Gasteiger partial charge on any atom is -0.326 e. The van der Waals surface area contributed by atoms with Gasteiger partial charge in [-0.2, -0.15) is 4.39 Å². The normalized spacial score (nSPS) is 10.3. The van der Waals surface area contributed by atoms with Crippen LogP contribution >= 0.6 is 0 Å². The van der Waals surface area contributed by atoms with Crippen LogP contribution in [0.5, 0.6) is 0 Å². The van der Waals surface area contributed by atoms with Crippen molar-refractivity contribution in [1.29, 1.82) is 0 Å². The fraction of sp³-hybridized carbons (Fsp3) is 0.231. The van der Waals surface area contributed by atoms with Crippen molar-refractivity contribution in [1.82, 2.24) is 9.97 Å². The summed E-state index contributed by atoms with van der Waals surface area (Å²) in [4.78, 5) is 9.50. The van der Waals surface area contributed by atoms with Gasteiger partial charge in [-0.05, 0) is 31.5 Å². The third-order valence-corrected chi connectivity index (χ3v) is 2.53. The first kappa shape index (κ1) is 11.5. The molecule has 3 nitrogen and oxygen atoms in total. The molecule has 17 heavy (non-hydrogen) atoms. The van der Waals surface area contributed by atoms with Crippen LogP contribution in [0.3, 0.4) is 0 Å². The van der Waals surface area contributed by atoms with Gasteiger partial charge in [0, 0.05) is 18.3 Å². The molecule has 4 heteroatoms. The third kappa shape index (κ3) is 2.58. The summed E-state index contributed by atoms with van der Waals surface area (Å²) in [5.74, 6) is 0.0618. The molecule has 0 fully saturated rings. The van der Waals surface area contributed by atoms with Gasteiger partial charge >= 0.3 is 0 Å². The van der Waals surface area contributed by atoms with Crippen LogP contribution in [0.2, 0.25) is 0 Å². The maximum absolute atomic E-state index is 13.1. The van der Waals surface area contributed by atoms with Gasteiger partial charge in [0.1, 0.15) is 12.1 Å². The third-order valence-electron chi connectivity index (χ3n) is 2.53. The number of nitrogens with zero attached hydrogens (tertiary/aromatic N) is 3. The molecule has 0 spiro atoms. The molecular formula is C13H14FN3. The predicted molar refractivity (Wildman–Crippen MR) is 65.8 cm³/mol. The number of aromatic nitrogens is 2. The van der Waals surface area contributed by atoms with E-state index in [0.29, 0.717) is 5.82 Å². The van der Waals surface area contributed by atoms with Crippen molar-refractivity contribution in [2.45, 2.75) is 13.8 Å². The quantitative estimate of drug-likeness (QED) is 0.760. The van der Waals surface area contributed by atoms with E-state index in [1.54, 1.807) is 0 Å². The molecule has 1 heterocycles. The Bertz CT molecular complexity index is 468. The molecule has 0 amide bonds. The van der Waals surface area contributed by atoms with Gasteiger partial charge < -0.3 is 4.90 Å². The van der Waals surface area contributed by atoms with E-state index in [1.807, 2.05) is 43.0 Å². The standard InChI is InChI=1S/C13H14FN3/c1-3-17(11-6-4-5-10(2)7-11)13-8-12(14)15-9-16-13/h4-9H,3H2,1-2H3. The number of halogens is 1. The second kappa shape index (κ2) is 4.91. The van der Waals surface area contributed by atoms with E-state index in [4.69, 9.17) is 0 Å². The Balaban J connectivity index is 2.40. The second-order valence-electron chi connectivity index (χ2n) is 3.78. The molecule has 2 rings (SSSR count). The number of hydrogen-bond acceptors (Lipinski definition) is 3. The zero-order chi connectivity index (χ0) is 12.3. The number of hydrogen-bond donors (Lipinski definition) is 0. The van der Waals surface area contributed by atoms with Crippen molar-refractivity contribution in [2.24, 2.45) is 0 Å². The van der Waals surface area contributed by atoms with E-state index in [1.165, 1.54) is 12.4 Å². The van der Waals surface area contributed by atoms with Gasteiger partial charge in [0.25, 0.3) is 0 Å². The molecular weight excluding hydrogens is 217 g/mol. The van der Waals surface area contributed by atoms with E-state index in [-0.39, 0.29) is 0 Å². The highest BCUT2D eigenvalue weighted by atomic mass is 19.1. The van der Waals surface area contributed by atoms with Crippen LogP contribution in [-0.2, 0) is 0 Å². The average molecular weight is 231 g/mol. The summed E-state index contributed by atoms with van der Waals surface area (Å²) < 4.78 is 13.1. The summed E-state index contributed by atoms with van der Waals surface area (Å²) in [6.07, 6.45) is 1.24. The summed E-state index contributed by atoms with van der Waals surface area (Å²) in [6, 6.07) is 9.37. The molecule has 1 aromatic carbocycles. The fourth-order valence-corrected chi connectivity index (χ4v) is 1.74. The SMILES string of the molecule is CCN(c1cccc(C)c1)c1cc(F)ncn1. The highest BCUT2D eigenvalue weighted by molar-refractivity contribution is 5.60. The van der Waals surface area contributed by atoms with Crippen molar-refractivity contribution in [3.8, 4) is 0 Å². The van der Waals surface area contributed by atoms with Crippen molar-refractivity contribution in [2.75, 3.05) is 11.4 Å². The molecule has 0 N–H and O–H groups in total. The molecule has 0 aliphatic carbocycles. The minimum absolute atomic E-state index is 0.513. The summed E-state index contributed by atoms with van der Waals surface area (Å²) in [6.45, 7) is 4.75. The van der Waals surface area contributed by atoms with Crippen molar-refractivity contribution in [3.63, 3.8) is 0 Å². The van der Waals surface area contributed by atoms with E-state index in [9.17, 15) is 4.39 Å². The summed E-state index contributed by atoms with van der Waals surface area (Å²) in [7, 11) is 0. The molecule has 2 aromatic rings. The molecule has 0 saturated heterocycles. The summed E-state index contributed by atoms with van der Waals surface area (Å²) in [5, 5.41) is 0. The topological polar surface area (TPSA) is 29.0 Å². The first-order valence-corrected chi connectivity index (χ1v) is 5.52. The Labute approximate surface area is 99.9 Å². The van der Waals surface area contributed by atoms with E-state index < -0.39 is 5.95 Å². The number of anilines is 2. The van der Waals surface area contributed by atoms with E-state index in [2.05, 4.69) is 9.97 Å². The second-order valence-corrected chi connectivity index (χ2v) is 3.78. The first-order valence-electron chi connectivity index (χ1n) is 5.52. The molecule has 0 saturated carbocycles. The molecule has 0 aliphatic heterocycles. The van der Waals surface area contributed by atoms with Gasteiger partial charge in [-0.1, -0.05) is 12.1 Å². The Morgan fingerprint density at radius 1 is 1.24 bits per heavy atom. The lowest BCUT2D eigenvalue weighted by molar-refractivity contribution is 0.579. The largest absolute Gasteiger partial charge is 0.326 e. The number of benzene rings is 1. The highest BCUT2D eigenvalue weighted by Gasteiger charge is 2.09. The van der Waals surface area contributed by atoms with Gasteiger partial charge in [0.15, 0.2) is 0 Å². The maximum atomic E-state index is 13.1. The fourth-order valence-electron chi connectivity index (χ4n) is 1.74. The Morgan fingerprint density at radius 2 is 2.06 bits per heavy atom. The monoisotopic (exact) mass is 231 g/mol. The lowest BCUT2D eigenvalue weighted by atomic mass is 10.2. The zero-order valence-corrected chi connectivity index (χ0v) is 9.89. The Morgan fingerprint density at radius 3 is 2.71 bits per heavy atom.